The zero-order chi connectivity index (χ0) is 28.3. The smallest absolute Gasteiger partial charge is 0.348 e. The van der Waals surface area contributed by atoms with E-state index in [4.69, 9.17) is 18.9 Å². The number of allylic oxidation sites excluding steroid dienone is 2. The third-order valence-corrected chi connectivity index (χ3v) is 6.13. The molecule has 2 aromatic carbocycles. The number of nitrogens with zero attached hydrogens (tertiary/aromatic N) is 2. The van der Waals surface area contributed by atoms with E-state index in [9.17, 15) is 9.59 Å². The van der Waals surface area contributed by atoms with Gasteiger partial charge in [0.15, 0.2) is 0 Å². The summed E-state index contributed by atoms with van der Waals surface area (Å²) in [6, 6.07) is 17.9. The highest BCUT2D eigenvalue weighted by Crippen LogP contribution is 2.34. The molecule has 2 N–H and O–H groups in total. The molecule has 0 amide bonds. The van der Waals surface area contributed by atoms with Crippen LogP contribution >= 0.6 is 0 Å². The summed E-state index contributed by atoms with van der Waals surface area (Å²) in [5, 5.41) is 0. The molecule has 0 unspecified atom stereocenters. The van der Waals surface area contributed by atoms with Crippen LogP contribution in [0.2, 0.25) is 0 Å². The molecule has 0 aliphatic heterocycles. The van der Waals surface area contributed by atoms with Gasteiger partial charge in [0.05, 0.1) is 32.0 Å². The van der Waals surface area contributed by atoms with Gasteiger partial charge in [-0.2, -0.15) is 9.97 Å². The van der Waals surface area contributed by atoms with Crippen LogP contribution in [0.15, 0.2) is 93.9 Å². The van der Waals surface area contributed by atoms with Crippen molar-refractivity contribution < 1.29 is 18.9 Å². The van der Waals surface area contributed by atoms with Crippen molar-refractivity contribution in [1.29, 1.82) is 0 Å². The first kappa shape index (κ1) is 26.5. The molecule has 0 saturated carbocycles. The zero-order valence-corrected chi connectivity index (χ0v) is 22.5. The summed E-state index contributed by atoms with van der Waals surface area (Å²) in [4.78, 5) is 38.1. The van der Waals surface area contributed by atoms with Crippen molar-refractivity contribution in [3.05, 3.63) is 105 Å². The summed E-state index contributed by atoms with van der Waals surface area (Å²) in [6.45, 7) is 3.97. The van der Waals surface area contributed by atoms with Gasteiger partial charge in [0.25, 0.3) is 0 Å². The van der Waals surface area contributed by atoms with E-state index in [1.807, 2.05) is 50.3 Å². The van der Waals surface area contributed by atoms with E-state index >= 15 is 0 Å². The van der Waals surface area contributed by atoms with Crippen molar-refractivity contribution in [3.8, 4) is 45.8 Å². The summed E-state index contributed by atoms with van der Waals surface area (Å²) in [5.41, 5.74) is 1.15. The number of aromatic amines is 2. The Labute approximate surface area is 230 Å². The van der Waals surface area contributed by atoms with E-state index < -0.39 is 16.8 Å². The molecule has 2 heterocycles. The van der Waals surface area contributed by atoms with Gasteiger partial charge in [-0.25, -0.2) is 9.59 Å². The summed E-state index contributed by atoms with van der Waals surface area (Å²) in [5.74, 6) is 2.79. The van der Waals surface area contributed by atoms with Crippen LogP contribution in [0.4, 0.5) is 0 Å². The lowest BCUT2D eigenvalue weighted by molar-refractivity contribution is 0.321. The predicted octanol–water partition coefficient (Wildman–Crippen LogP) is 4.86. The molecule has 0 radical (unpaired) electrons. The highest BCUT2D eigenvalue weighted by atomic mass is 16.5. The fourth-order valence-corrected chi connectivity index (χ4v) is 4.37. The molecule has 1 aliphatic rings. The van der Waals surface area contributed by atoms with Gasteiger partial charge in [-0.1, -0.05) is 13.8 Å². The Balaban J connectivity index is 1.36. The Hall–Kier alpha value is -5.12. The van der Waals surface area contributed by atoms with Crippen LogP contribution in [0.25, 0.3) is 22.5 Å². The summed E-state index contributed by atoms with van der Waals surface area (Å²) < 4.78 is 22.6. The SMILES string of the molecule is COc1ccc(-c2cc(OC3=CC(C)(C)C=C(Oc4cc(-c5ccc(OC)cc5)[nH]c(=O)n4)C3)nc(=O)[nH]2)cc1. The molecule has 0 spiro atoms. The third kappa shape index (κ3) is 6.29. The predicted molar refractivity (Wildman–Crippen MR) is 150 cm³/mol. The van der Waals surface area contributed by atoms with Gasteiger partial charge in [-0.15, -0.1) is 0 Å². The molecule has 40 heavy (non-hydrogen) atoms. The first-order valence-electron chi connectivity index (χ1n) is 12.5. The second-order valence-electron chi connectivity index (χ2n) is 9.76. The van der Waals surface area contributed by atoms with Crippen LogP contribution in [0.5, 0.6) is 23.3 Å². The Morgan fingerprint density at radius 3 is 1.45 bits per heavy atom. The van der Waals surface area contributed by atoms with Crippen molar-refractivity contribution >= 4 is 0 Å². The number of ether oxygens (including phenoxy) is 4. The first-order chi connectivity index (χ1) is 19.2. The maximum atomic E-state index is 12.3. The van der Waals surface area contributed by atoms with Crippen LogP contribution < -0.4 is 30.3 Å². The zero-order valence-electron chi connectivity index (χ0n) is 22.5. The normalized spacial score (nSPS) is 14.1. The fraction of sp³-hybridized carbons (Fsp3) is 0.200. The van der Waals surface area contributed by atoms with Crippen molar-refractivity contribution in [3.63, 3.8) is 0 Å². The van der Waals surface area contributed by atoms with Gasteiger partial charge in [-0.3, -0.25) is 0 Å². The molecule has 5 rings (SSSR count). The standard InChI is InChI=1S/C30H28N4O6/c1-30(2)16-22(39-26-14-24(31-28(35)33-26)18-5-9-20(37-3)10-6-18)13-23(17-30)40-27-15-25(32-29(36)34-27)19-7-11-21(38-4)12-8-19/h5-12,14-17H,13H2,1-4H3,(H,31,33,35)(H,32,34,36). The van der Waals surface area contributed by atoms with Crippen LogP contribution in [-0.2, 0) is 0 Å². The minimum absolute atomic E-state index is 0.147. The number of aromatic nitrogens is 4. The third-order valence-electron chi connectivity index (χ3n) is 6.13. The van der Waals surface area contributed by atoms with E-state index in [0.29, 0.717) is 34.4 Å². The van der Waals surface area contributed by atoms with Gasteiger partial charge in [0.2, 0.25) is 11.8 Å². The Morgan fingerprint density at radius 1 is 0.675 bits per heavy atom. The lowest BCUT2D eigenvalue weighted by atomic mass is 9.87. The first-order valence-corrected chi connectivity index (χ1v) is 12.5. The molecular formula is C30H28N4O6. The van der Waals surface area contributed by atoms with E-state index in [-0.39, 0.29) is 18.2 Å². The number of hydrogen-bond acceptors (Lipinski definition) is 8. The van der Waals surface area contributed by atoms with Gasteiger partial charge in [0, 0.05) is 17.5 Å². The molecule has 1 aliphatic carbocycles. The molecule has 0 saturated heterocycles. The molecule has 0 atom stereocenters. The van der Waals surface area contributed by atoms with Crippen molar-refractivity contribution in [2.75, 3.05) is 14.2 Å². The molecule has 204 valence electrons. The van der Waals surface area contributed by atoms with Crippen molar-refractivity contribution in [2.24, 2.45) is 5.41 Å². The molecule has 2 aromatic heterocycles. The fourth-order valence-electron chi connectivity index (χ4n) is 4.37. The minimum Gasteiger partial charge on any atom is -0.497 e. The van der Waals surface area contributed by atoms with E-state index in [1.165, 1.54) is 0 Å². The van der Waals surface area contributed by atoms with Crippen molar-refractivity contribution in [1.82, 2.24) is 19.9 Å². The monoisotopic (exact) mass is 540 g/mol. The Bertz CT molecular complexity index is 1580. The topological polar surface area (TPSA) is 128 Å². The second-order valence-corrected chi connectivity index (χ2v) is 9.76. The molecule has 0 bridgehead atoms. The van der Waals surface area contributed by atoms with Gasteiger partial charge >= 0.3 is 11.4 Å². The molecule has 10 nitrogen and oxygen atoms in total. The van der Waals surface area contributed by atoms with Crippen LogP contribution in [0.3, 0.4) is 0 Å². The summed E-state index contributed by atoms with van der Waals surface area (Å²) in [7, 11) is 3.18. The highest BCUT2D eigenvalue weighted by molar-refractivity contribution is 5.61. The van der Waals surface area contributed by atoms with E-state index in [1.54, 1.807) is 50.6 Å². The van der Waals surface area contributed by atoms with Crippen molar-refractivity contribution in [2.45, 2.75) is 20.3 Å². The van der Waals surface area contributed by atoms with Gasteiger partial charge in [0.1, 0.15) is 23.0 Å². The van der Waals surface area contributed by atoms with Gasteiger partial charge in [-0.05, 0) is 71.8 Å². The molecule has 10 heteroatoms. The lowest BCUT2D eigenvalue weighted by Crippen LogP contribution is -2.19. The number of hydrogen-bond donors (Lipinski definition) is 2. The Morgan fingerprint density at radius 2 is 1.07 bits per heavy atom. The quantitative estimate of drug-likeness (QED) is 0.324. The number of benzene rings is 2. The van der Waals surface area contributed by atoms with Crippen LogP contribution in [0, 0.1) is 5.41 Å². The van der Waals surface area contributed by atoms with Crippen LogP contribution in [-0.4, -0.2) is 34.2 Å². The molecular weight excluding hydrogens is 512 g/mol. The number of nitrogens with one attached hydrogen (secondary N) is 2. The van der Waals surface area contributed by atoms with E-state index in [0.717, 1.165) is 11.1 Å². The average Bonchev–Trinajstić information content (AvgIpc) is 2.91. The summed E-state index contributed by atoms with van der Waals surface area (Å²) in [6.07, 6.45) is 4.13. The van der Waals surface area contributed by atoms with Crippen LogP contribution in [0.1, 0.15) is 20.3 Å². The second kappa shape index (κ2) is 10.9. The maximum absolute atomic E-state index is 12.3. The maximum Gasteiger partial charge on any atom is 0.348 e. The Kier molecular flexibility index (Phi) is 7.24. The average molecular weight is 541 g/mol. The lowest BCUT2D eigenvalue weighted by Gasteiger charge is -2.25. The van der Waals surface area contributed by atoms with E-state index in [2.05, 4.69) is 19.9 Å². The van der Waals surface area contributed by atoms with Gasteiger partial charge < -0.3 is 28.9 Å². The number of rotatable bonds is 8. The number of methoxy groups -OCH3 is 2. The highest BCUT2D eigenvalue weighted by Gasteiger charge is 2.24. The largest absolute Gasteiger partial charge is 0.497 e. The number of H-pyrrole nitrogens is 2. The molecule has 4 aromatic rings. The summed E-state index contributed by atoms with van der Waals surface area (Å²) >= 11 is 0. The minimum atomic E-state index is -0.537. The molecule has 0 fully saturated rings.